The molecule has 1 atom stereocenters. The molecule has 0 amide bonds. The van der Waals surface area contributed by atoms with Gasteiger partial charge in [-0.3, -0.25) is 9.78 Å². The predicted octanol–water partition coefficient (Wildman–Crippen LogP) is 2.40. The third-order valence-corrected chi connectivity index (χ3v) is 5.48. The molecule has 3 rings (SSSR count). The Balaban J connectivity index is 1.96. The van der Waals surface area contributed by atoms with Gasteiger partial charge < -0.3 is 5.11 Å². The first kappa shape index (κ1) is 15.6. The van der Waals surface area contributed by atoms with E-state index in [9.17, 15) is 18.3 Å². The second-order valence-electron chi connectivity index (χ2n) is 4.78. The largest absolute Gasteiger partial charge is 0.480 e. The standard InChI is InChI=1S/C15H12N2O4S2/c18-15(19)14(10-4-2-1-3-5-10)17-23(20,21)11-8-13-12(16-9-11)6-7-22-13/h1-9,14,17H,(H,18,19). The van der Waals surface area contributed by atoms with Gasteiger partial charge in [-0.05, 0) is 23.1 Å². The molecular formula is C15H12N2O4S2. The number of carbonyl (C=O) groups is 1. The van der Waals surface area contributed by atoms with Gasteiger partial charge >= 0.3 is 5.97 Å². The molecule has 2 N–H and O–H groups in total. The van der Waals surface area contributed by atoms with E-state index in [1.54, 1.807) is 36.4 Å². The highest BCUT2D eigenvalue weighted by Gasteiger charge is 2.27. The molecule has 2 heterocycles. The molecule has 1 aromatic carbocycles. The highest BCUT2D eigenvalue weighted by atomic mass is 32.2. The molecule has 3 aromatic rings. The molecule has 118 valence electrons. The monoisotopic (exact) mass is 348 g/mol. The van der Waals surface area contributed by atoms with Crippen LogP contribution in [-0.4, -0.2) is 24.5 Å². The highest BCUT2D eigenvalue weighted by molar-refractivity contribution is 7.89. The maximum atomic E-state index is 12.5. The smallest absolute Gasteiger partial charge is 0.326 e. The molecule has 1 unspecified atom stereocenters. The zero-order chi connectivity index (χ0) is 16.4. The molecule has 0 bridgehead atoms. The van der Waals surface area contributed by atoms with Crippen molar-refractivity contribution in [1.82, 2.24) is 9.71 Å². The number of fused-ring (bicyclic) bond motifs is 1. The fraction of sp³-hybridized carbons (Fsp3) is 0.0667. The van der Waals surface area contributed by atoms with Crippen LogP contribution in [0.4, 0.5) is 0 Å². The second-order valence-corrected chi connectivity index (χ2v) is 7.44. The Labute approximate surface area is 136 Å². The van der Waals surface area contributed by atoms with Gasteiger partial charge in [-0.25, -0.2) is 8.42 Å². The first-order chi connectivity index (χ1) is 11.0. The number of nitrogens with one attached hydrogen (secondary N) is 1. The van der Waals surface area contributed by atoms with Gasteiger partial charge in [0, 0.05) is 6.20 Å². The topological polar surface area (TPSA) is 96.4 Å². The zero-order valence-electron chi connectivity index (χ0n) is 11.7. The van der Waals surface area contributed by atoms with Gasteiger partial charge in [-0.1, -0.05) is 30.3 Å². The molecule has 2 aromatic heterocycles. The number of hydrogen-bond donors (Lipinski definition) is 2. The van der Waals surface area contributed by atoms with Gasteiger partial charge in [0.25, 0.3) is 0 Å². The van der Waals surface area contributed by atoms with Crippen LogP contribution in [0.2, 0.25) is 0 Å². The van der Waals surface area contributed by atoms with Crippen molar-refractivity contribution in [3.8, 4) is 0 Å². The quantitative estimate of drug-likeness (QED) is 0.738. The van der Waals surface area contributed by atoms with Crippen LogP contribution in [-0.2, 0) is 14.8 Å². The fourth-order valence-corrected chi connectivity index (χ4v) is 4.11. The molecule has 6 nitrogen and oxygen atoms in total. The predicted molar refractivity (Wildman–Crippen MR) is 86.8 cm³/mol. The molecule has 0 aliphatic heterocycles. The van der Waals surface area contributed by atoms with Crippen LogP contribution in [0.1, 0.15) is 11.6 Å². The maximum absolute atomic E-state index is 12.5. The third-order valence-electron chi connectivity index (χ3n) is 3.24. The first-order valence-electron chi connectivity index (χ1n) is 6.61. The summed E-state index contributed by atoms with van der Waals surface area (Å²) in [7, 11) is -4.01. The number of pyridine rings is 1. The van der Waals surface area contributed by atoms with Crippen molar-refractivity contribution in [3.05, 3.63) is 59.6 Å². The lowest BCUT2D eigenvalue weighted by molar-refractivity contribution is -0.139. The summed E-state index contributed by atoms with van der Waals surface area (Å²) in [5.41, 5.74) is 1.06. The number of benzene rings is 1. The minimum absolute atomic E-state index is 0.0605. The summed E-state index contributed by atoms with van der Waals surface area (Å²) < 4.78 is 27.9. The van der Waals surface area contributed by atoms with Crippen LogP contribution < -0.4 is 4.72 Å². The molecule has 0 aliphatic rings. The summed E-state index contributed by atoms with van der Waals surface area (Å²) in [4.78, 5) is 15.5. The summed E-state index contributed by atoms with van der Waals surface area (Å²) in [5.74, 6) is -1.27. The van der Waals surface area contributed by atoms with Crippen LogP contribution in [0, 0.1) is 0 Å². The molecule has 0 spiro atoms. The van der Waals surface area contributed by atoms with Crippen molar-refractivity contribution in [2.24, 2.45) is 0 Å². The van der Waals surface area contributed by atoms with Crippen LogP contribution in [0.3, 0.4) is 0 Å². The Morgan fingerprint density at radius 3 is 2.65 bits per heavy atom. The number of nitrogens with zero attached hydrogens (tertiary/aromatic N) is 1. The summed E-state index contributed by atoms with van der Waals surface area (Å²) in [6.07, 6.45) is 1.22. The van der Waals surface area contributed by atoms with Crippen LogP contribution >= 0.6 is 11.3 Å². The second kappa shape index (κ2) is 6.07. The number of aliphatic carboxylic acids is 1. The molecule has 0 radical (unpaired) electrons. The minimum Gasteiger partial charge on any atom is -0.480 e. The highest BCUT2D eigenvalue weighted by Crippen LogP contribution is 2.23. The lowest BCUT2D eigenvalue weighted by Crippen LogP contribution is -2.33. The number of carboxylic acids is 1. The van der Waals surface area contributed by atoms with Gasteiger partial charge in [0.15, 0.2) is 0 Å². The summed E-state index contributed by atoms with van der Waals surface area (Å²) in [5, 5.41) is 11.1. The van der Waals surface area contributed by atoms with E-state index in [-0.39, 0.29) is 4.90 Å². The summed E-state index contributed by atoms with van der Waals surface area (Å²) in [6, 6.07) is 10.1. The molecule has 0 saturated heterocycles. The van der Waals surface area contributed by atoms with Crippen molar-refractivity contribution in [2.45, 2.75) is 10.9 Å². The van der Waals surface area contributed by atoms with Gasteiger partial charge in [0.05, 0.1) is 10.2 Å². The van der Waals surface area contributed by atoms with E-state index in [0.717, 1.165) is 4.70 Å². The minimum atomic E-state index is -4.01. The van der Waals surface area contributed by atoms with Crippen molar-refractivity contribution in [3.63, 3.8) is 0 Å². The van der Waals surface area contributed by atoms with Crippen molar-refractivity contribution >= 4 is 37.5 Å². The molecule has 0 aliphatic carbocycles. The maximum Gasteiger partial charge on any atom is 0.326 e. The Morgan fingerprint density at radius 2 is 1.96 bits per heavy atom. The van der Waals surface area contributed by atoms with Crippen molar-refractivity contribution < 1.29 is 18.3 Å². The lowest BCUT2D eigenvalue weighted by Gasteiger charge is -2.15. The van der Waals surface area contributed by atoms with E-state index in [1.165, 1.54) is 23.6 Å². The van der Waals surface area contributed by atoms with Crippen LogP contribution in [0.15, 0.2) is 58.9 Å². The zero-order valence-corrected chi connectivity index (χ0v) is 13.3. The number of carboxylic acid groups (broad SMARTS) is 1. The Bertz CT molecular complexity index is 952. The molecule has 0 fully saturated rings. The van der Waals surface area contributed by atoms with E-state index < -0.39 is 22.0 Å². The lowest BCUT2D eigenvalue weighted by atomic mass is 10.1. The van der Waals surface area contributed by atoms with Gasteiger partial charge in [0.2, 0.25) is 10.0 Å². The third kappa shape index (κ3) is 3.24. The summed E-state index contributed by atoms with van der Waals surface area (Å²) in [6.45, 7) is 0. The average molecular weight is 348 g/mol. The molecule has 23 heavy (non-hydrogen) atoms. The molecule has 0 saturated carbocycles. The number of sulfonamides is 1. The molecule has 8 heteroatoms. The van der Waals surface area contributed by atoms with Gasteiger partial charge in [0.1, 0.15) is 10.9 Å². The van der Waals surface area contributed by atoms with Crippen molar-refractivity contribution in [1.29, 1.82) is 0 Å². The van der Waals surface area contributed by atoms with Crippen LogP contribution in [0.25, 0.3) is 10.2 Å². The number of hydrogen-bond acceptors (Lipinski definition) is 5. The Kier molecular flexibility index (Phi) is 4.12. The molecular weight excluding hydrogens is 336 g/mol. The first-order valence-corrected chi connectivity index (χ1v) is 8.97. The van der Waals surface area contributed by atoms with Gasteiger partial charge in [-0.2, -0.15) is 4.72 Å². The Morgan fingerprint density at radius 1 is 1.22 bits per heavy atom. The number of rotatable bonds is 5. The number of aromatic nitrogens is 1. The normalized spacial score (nSPS) is 13.0. The van der Waals surface area contributed by atoms with Crippen molar-refractivity contribution in [2.75, 3.05) is 0 Å². The van der Waals surface area contributed by atoms with E-state index in [4.69, 9.17) is 0 Å². The fourth-order valence-electron chi connectivity index (χ4n) is 2.11. The SMILES string of the molecule is O=C(O)C(NS(=O)(=O)c1cnc2ccsc2c1)c1ccccc1. The van der Waals surface area contributed by atoms with Gasteiger partial charge in [-0.15, -0.1) is 11.3 Å². The van der Waals surface area contributed by atoms with E-state index in [1.807, 2.05) is 5.38 Å². The summed E-state index contributed by atoms with van der Waals surface area (Å²) >= 11 is 1.37. The van der Waals surface area contributed by atoms with E-state index in [0.29, 0.717) is 11.1 Å². The average Bonchev–Trinajstić information content (AvgIpc) is 3.01. The Hall–Kier alpha value is -2.29. The number of thiophene rings is 1. The van der Waals surface area contributed by atoms with E-state index in [2.05, 4.69) is 9.71 Å². The van der Waals surface area contributed by atoms with E-state index >= 15 is 0 Å². The van der Waals surface area contributed by atoms with Crippen LogP contribution in [0.5, 0.6) is 0 Å².